The van der Waals surface area contributed by atoms with Crippen molar-refractivity contribution >= 4 is 39.2 Å². The van der Waals surface area contributed by atoms with E-state index in [-0.39, 0.29) is 17.0 Å². The van der Waals surface area contributed by atoms with E-state index >= 15 is 0 Å². The Morgan fingerprint density at radius 3 is 2.72 bits per heavy atom. The SMILES string of the molecule is CC(C(=O)Nc1nc(-c2ccc(N3CCC[C@@H]3C)c(F)c2)cs1)n1cnc2c1c(=O)n(C)c(=O)n2C. The van der Waals surface area contributed by atoms with E-state index in [1.807, 2.05) is 6.07 Å². The van der Waals surface area contributed by atoms with Crippen molar-refractivity contribution in [2.75, 3.05) is 16.8 Å². The van der Waals surface area contributed by atoms with Gasteiger partial charge in [0, 0.05) is 37.6 Å². The Morgan fingerprint density at radius 1 is 1.25 bits per heavy atom. The number of anilines is 2. The zero-order valence-corrected chi connectivity index (χ0v) is 21.2. The number of carbonyl (C=O) groups excluding carboxylic acids is 1. The van der Waals surface area contributed by atoms with Crippen LogP contribution in [0.4, 0.5) is 15.2 Å². The number of amides is 1. The highest BCUT2D eigenvalue weighted by atomic mass is 32.1. The van der Waals surface area contributed by atoms with E-state index in [4.69, 9.17) is 0 Å². The highest BCUT2D eigenvalue weighted by Gasteiger charge is 2.24. The van der Waals surface area contributed by atoms with Crippen LogP contribution >= 0.6 is 11.3 Å². The standard InChI is InChI=1S/C24H26FN7O3S/c1-13-6-5-9-31(13)18-8-7-15(10-16(18)25)17-11-36-23(27-17)28-21(33)14(2)32-12-26-20-19(32)22(34)30(4)24(35)29(20)3/h7-8,10-14H,5-6,9H2,1-4H3,(H,27,28,33)/t13-,14?/m0/s1. The second-order valence-electron chi connectivity index (χ2n) is 9.08. The van der Waals surface area contributed by atoms with Crippen LogP contribution in [0.15, 0.2) is 39.5 Å². The zero-order valence-electron chi connectivity index (χ0n) is 20.4. The lowest BCUT2D eigenvalue weighted by atomic mass is 10.1. The van der Waals surface area contributed by atoms with E-state index in [0.29, 0.717) is 28.1 Å². The first-order valence-corrected chi connectivity index (χ1v) is 12.5. The van der Waals surface area contributed by atoms with Crippen LogP contribution in [-0.2, 0) is 18.9 Å². The molecule has 0 radical (unpaired) electrons. The number of benzene rings is 1. The number of imidazole rings is 1. The van der Waals surface area contributed by atoms with Gasteiger partial charge in [-0.15, -0.1) is 11.3 Å². The van der Waals surface area contributed by atoms with Crippen LogP contribution in [0.2, 0.25) is 0 Å². The molecule has 1 aliphatic rings. The average Bonchev–Trinajstić information content (AvgIpc) is 3.61. The van der Waals surface area contributed by atoms with Crippen molar-refractivity contribution in [3.8, 4) is 11.3 Å². The summed E-state index contributed by atoms with van der Waals surface area (Å²) in [6, 6.07) is 4.61. The monoisotopic (exact) mass is 511 g/mol. The second-order valence-corrected chi connectivity index (χ2v) is 9.94. The van der Waals surface area contributed by atoms with Gasteiger partial charge in [-0.05, 0) is 38.8 Å². The van der Waals surface area contributed by atoms with Gasteiger partial charge in [0.2, 0.25) is 5.91 Å². The van der Waals surface area contributed by atoms with Crippen molar-refractivity contribution in [3.05, 3.63) is 56.6 Å². The molecule has 1 fully saturated rings. The Kier molecular flexibility index (Phi) is 5.99. The minimum Gasteiger partial charge on any atom is -0.366 e. The van der Waals surface area contributed by atoms with Crippen molar-refractivity contribution in [1.82, 2.24) is 23.7 Å². The molecule has 10 nitrogen and oxygen atoms in total. The zero-order chi connectivity index (χ0) is 25.7. The van der Waals surface area contributed by atoms with Crippen LogP contribution < -0.4 is 21.5 Å². The number of fused-ring (bicyclic) bond motifs is 1. The molecule has 1 unspecified atom stereocenters. The topological polar surface area (TPSA) is 107 Å². The molecule has 0 aliphatic carbocycles. The molecule has 0 spiro atoms. The Balaban J connectivity index is 1.36. The van der Waals surface area contributed by atoms with Gasteiger partial charge < -0.3 is 14.8 Å². The van der Waals surface area contributed by atoms with Crippen LogP contribution in [0.25, 0.3) is 22.4 Å². The maximum atomic E-state index is 14.9. The molecule has 0 saturated carbocycles. The fraction of sp³-hybridized carbons (Fsp3) is 0.375. The van der Waals surface area contributed by atoms with Gasteiger partial charge in [-0.3, -0.25) is 18.7 Å². The van der Waals surface area contributed by atoms with E-state index in [1.54, 1.807) is 18.4 Å². The molecule has 4 aromatic rings. The first-order valence-electron chi connectivity index (χ1n) is 11.6. The number of halogens is 1. The number of nitrogens with one attached hydrogen (secondary N) is 1. The predicted molar refractivity (Wildman–Crippen MR) is 137 cm³/mol. The third-order valence-corrected chi connectivity index (χ3v) is 7.57. The quantitative estimate of drug-likeness (QED) is 0.442. The molecule has 0 bridgehead atoms. The molecule has 2 atom stereocenters. The number of hydrogen-bond donors (Lipinski definition) is 1. The summed E-state index contributed by atoms with van der Waals surface area (Å²) in [7, 11) is 2.90. The molecule has 1 aliphatic heterocycles. The van der Waals surface area contributed by atoms with Gasteiger partial charge in [0.1, 0.15) is 11.9 Å². The van der Waals surface area contributed by atoms with Crippen LogP contribution in [0.1, 0.15) is 32.7 Å². The van der Waals surface area contributed by atoms with Gasteiger partial charge in [0.25, 0.3) is 5.56 Å². The predicted octanol–water partition coefficient (Wildman–Crippen LogP) is 2.88. The lowest BCUT2D eigenvalue weighted by Gasteiger charge is -2.24. The molecular formula is C24H26FN7O3S. The number of aryl methyl sites for hydroxylation is 1. The summed E-state index contributed by atoms with van der Waals surface area (Å²) in [5, 5.41) is 4.87. The number of thiazole rings is 1. The molecule has 4 heterocycles. The van der Waals surface area contributed by atoms with Crippen LogP contribution in [-0.4, -0.2) is 42.2 Å². The summed E-state index contributed by atoms with van der Waals surface area (Å²) in [5.74, 6) is -0.702. The van der Waals surface area contributed by atoms with Gasteiger partial charge in [-0.1, -0.05) is 6.07 Å². The Morgan fingerprint density at radius 2 is 2.03 bits per heavy atom. The first kappa shape index (κ1) is 23.9. The fourth-order valence-electron chi connectivity index (χ4n) is 4.65. The summed E-state index contributed by atoms with van der Waals surface area (Å²) < 4.78 is 18.6. The van der Waals surface area contributed by atoms with Gasteiger partial charge >= 0.3 is 5.69 Å². The lowest BCUT2D eigenvalue weighted by molar-refractivity contribution is -0.118. The average molecular weight is 512 g/mol. The summed E-state index contributed by atoms with van der Waals surface area (Å²) in [6.07, 6.45) is 3.47. The van der Waals surface area contributed by atoms with Crippen LogP contribution in [0.5, 0.6) is 0 Å². The van der Waals surface area contributed by atoms with E-state index in [0.717, 1.165) is 24.0 Å². The molecule has 188 valence electrons. The fourth-order valence-corrected chi connectivity index (χ4v) is 5.37. The minimum atomic E-state index is -0.799. The Labute approximate surface area is 209 Å². The van der Waals surface area contributed by atoms with Crippen molar-refractivity contribution in [2.24, 2.45) is 14.1 Å². The van der Waals surface area contributed by atoms with E-state index < -0.39 is 23.2 Å². The van der Waals surface area contributed by atoms with Gasteiger partial charge in [-0.2, -0.15) is 0 Å². The van der Waals surface area contributed by atoms with E-state index in [9.17, 15) is 18.8 Å². The number of nitrogens with zero attached hydrogens (tertiary/aromatic N) is 6. The Hall–Kier alpha value is -3.80. The lowest BCUT2D eigenvalue weighted by Crippen LogP contribution is -2.38. The van der Waals surface area contributed by atoms with Crippen LogP contribution in [0.3, 0.4) is 0 Å². The maximum absolute atomic E-state index is 14.9. The second kappa shape index (κ2) is 9.01. The van der Waals surface area contributed by atoms with Crippen molar-refractivity contribution in [2.45, 2.75) is 38.8 Å². The summed E-state index contributed by atoms with van der Waals surface area (Å²) in [6.45, 7) is 4.57. The summed E-state index contributed by atoms with van der Waals surface area (Å²) >= 11 is 1.22. The van der Waals surface area contributed by atoms with Gasteiger partial charge in [-0.25, -0.2) is 19.2 Å². The maximum Gasteiger partial charge on any atom is 0.332 e. The van der Waals surface area contributed by atoms with E-state index in [2.05, 4.69) is 27.1 Å². The van der Waals surface area contributed by atoms with Crippen LogP contribution in [0, 0.1) is 5.82 Å². The van der Waals surface area contributed by atoms with Crippen molar-refractivity contribution in [1.29, 1.82) is 0 Å². The highest BCUT2D eigenvalue weighted by Crippen LogP contribution is 2.32. The molecule has 1 amide bonds. The highest BCUT2D eigenvalue weighted by molar-refractivity contribution is 7.14. The van der Waals surface area contributed by atoms with Gasteiger partial charge in [0.15, 0.2) is 16.3 Å². The smallest absolute Gasteiger partial charge is 0.332 e. The van der Waals surface area contributed by atoms with Gasteiger partial charge in [0.05, 0.1) is 17.7 Å². The molecule has 5 rings (SSSR count). The molecule has 1 N–H and O–H groups in total. The molecule has 1 aromatic carbocycles. The largest absolute Gasteiger partial charge is 0.366 e. The third kappa shape index (κ3) is 3.91. The molecule has 36 heavy (non-hydrogen) atoms. The summed E-state index contributed by atoms with van der Waals surface area (Å²) in [4.78, 5) is 48.5. The normalized spacial score (nSPS) is 16.6. The third-order valence-electron chi connectivity index (χ3n) is 6.81. The molecule has 3 aromatic heterocycles. The number of carbonyl (C=O) groups is 1. The molecule has 1 saturated heterocycles. The molecule has 12 heteroatoms. The molecular weight excluding hydrogens is 485 g/mol. The minimum absolute atomic E-state index is 0.157. The van der Waals surface area contributed by atoms with Crippen molar-refractivity contribution < 1.29 is 9.18 Å². The van der Waals surface area contributed by atoms with Crippen molar-refractivity contribution in [3.63, 3.8) is 0 Å². The number of rotatable bonds is 5. The van der Waals surface area contributed by atoms with E-state index in [1.165, 1.54) is 47.0 Å². The summed E-state index contributed by atoms with van der Waals surface area (Å²) in [5.41, 5.74) is 1.11. The number of aromatic nitrogens is 5. The number of hydrogen-bond acceptors (Lipinski definition) is 7. The Bertz CT molecular complexity index is 1600. The first-order chi connectivity index (χ1) is 17.2.